The van der Waals surface area contributed by atoms with E-state index in [9.17, 15) is 14.4 Å². The molecule has 2 aromatic rings. The molecule has 6 heteroatoms. The molecule has 0 saturated carbocycles. The van der Waals surface area contributed by atoms with Crippen LogP contribution in [-0.4, -0.2) is 42.8 Å². The van der Waals surface area contributed by atoms with Gasteiger partial charge in [0, 0.05) is 37.8 Å². The molecule has 1 aliphatic heterocycles. The lowest BCUT2D eigenvalue weighted by atomic mass is 10.1. The van der Waals surface area contributed by atoms with Gasteiger partial charge in [0.05, 0.1) is 5.92 Å². The van der Waals surface area contributed by atoms with Crippen molar-refractivity contribution in [2.45, 2.75) is 12.8 Å². The first-order valence-electron chi connectivity index (χ1n) is 9.01. The summed E-state index contributed by atoms with van der Waals surface area (Å²) in [5.41, 5.74) is 2.20. The lowest BCUT2D eigenvalue weighted by Gasteiger charge is -2.16. The molecule has 1 heterocycles. The van der Waals surface area contributed by atoms with Gasteiger partial charge in [-0.15, -0.1) is 0 Å². The minimum Gasteiger partial charge on any atom is -0.355 e. The van der Waals surface area contributed by atoms with E-state index in [1.165, 1.54) is 5.56 Å². The van der Waals surface area contributed by atoms with E-state index in [1.54, 1.807) is 36.2 Å². The van der Waals surface area contributed by atoms with E-state index in [0.29, 0.717) is 24.3 Å². The number of hydrogen-bond acceptors (Lipinski definition) is 3. The molecule has 1 aliphatic rings. The first-order chi connectivity index (χ1) is 13.1. The fraction of sp³-hybridized carbons (Fsp3) is 0.286. The Morgan fingerprint density at radius 3 is 2.63 bits per heavy atom. The molecule has 3 rings (SSSR count). The maximum atomic E-state index is 12.5. The first kappa shape index (κ1) is 18.6. The zero-order chi connectivity index (χ0) is 19.2. The number of hydrogen-bond donors (Lipinski definition) is 2. The van der Waals surface area contributed by atoms with Crippen molar-refractivity contribution in [1.29, 1.82) is 0 Å². The van der Waals surface area contributed by atoms with E-state index in [0.717, 1.165) is 6.42 Å². The van der Waals surface area contributed by atoms with Crippen molar-refractivity contribution < 1.29 is 14.4 Å². The van der Waals surface area contributed by atoms with Gasteiger partial charge in [0.15, 0.2) is 0 Å². The molecule has 0 aromatic heterocycles. The monoisotopic (exact) mass is 365 g/mol. The van der Waals surface area contributed by atoms with E-state index in [2.05, 4.69) is 10.6 Å². The van der Waals surface area contributed by atoms with E-state index in [4.69, 9.17) is 0 Å². The Hall–Kier alpha value is -3.15. The van der Waals surface area contributed by atoms with Crippen LogP contribution in [-0.2, 0) is 16.0 Å². The van der Waals surface area contributed by atoms with Crippen LogP contribution in [0.5, 0.6) is 0 Å². The molecular formula is C21H23N3O3. The molecule has 1 atom stereocenters. The summed E-state index contributed by atoms with van der Waals surface area (Å²) >= 11 is 0. The van der Waals surface area contributed by atoms with Gasteiger partial charge in [-0.05, 0) is 30.2 Å². The third kappa shape index (κ3) is 4.73. The highest BCUT2D eigenvalue weighted by atomic mass is 16.2. The largest absolute Gasteiger partial charge is 0.355 e. The lowest BCUT2D eigenvalue weighted by molar-refractivity contribution is -0.128. The summed E-state index contributed by atoms with van der Waals surface area (Å²) in [4.78, 5) is 38.2. The Morgan fingerprint density at radius 2 is 1.89 bits per heavy atom. The van der Waals surface area contributed by atoms with E-state index in [1.807, 2.05) is 30.3 Å². The molecule has 1 unspecified atom stereocenters. The third-order valence-corrected chi connectivity index (χ3v) is 4.72. The third-order valence-electron chi connectivity index (χ3n) is 4.72. The number of anilines is 1. The molecule has 0 radical (unpaired) electrons. The van der Waals surface area contributed by atoms with Gasteiger partial charge < -0.3 is 15.5 Å². The number of rotatable bonds is 6. The van der Waals surface area contributed by atoms with Crippen LogP contribution in [0.2, 0.25) is 0 Å². The second kappa shape index (κ2) is 8.49. The summed E-state index contributed by atoms with van der Waals surface area (Å²) in [6, 6.07) is 16.7. The quantitative estimate of drug-likeness (QED) is 0.823. The summed E-state index contributed by atoms with van der Waals surface area (Å²) in [6.07, 6.45) is 0.991. The van der Waals surface area contributed by atoms with Crippen LogP contribution >= 0.6 is 0 Å². The average Bonchev–Trinajstić information content (AvgIpc) is 3.07. The highest BCUT2D eigenvalue weighted by molar-refractivity contribution is 5.99. The second-order valence-electron chi connectivity index (χ2n) is 6.63. The second-order valence-corrected chi connectivity index (χ2v) is 6.63. The number of likely N-dealkylation sites (tertiary alicyclic amines) is 1. The van der Waals surface area contributed by atoms with Gasteiger partial charge in [0.1, 0.15) is 0 Å². The predicted molar refractivity (Wildman–Crippen MR) is 103 cm³/mol. The Balaban J connectivity index is 1.56. The first-order valence-corrected chi connectivity index (χ1v) is 9.01. The molecule has 3 amide bonds. The van der Waals surface area contributed by atoms with Crippen LogP contribution in [0, 0.1) is 5.92 Å². The molecule has 0 bridgehead atoms. The van der Waals surface area contributed by atoms with Gasteiger partial charge in [-0.3, -0.25) is 14.4 Å². The highest BCUT2D eigenvalue weighted by Crippen LogP contribution is 2.21. The molecule has 6 nitrogen and oxygen atoms in total. The fourth-order valence-electron chi connectivity index (χ4n) is 3.20. The lowest BCUT2D eigenvalue weighted by Crippen LogP contribution is -2.30. The maximum absolute atomic E-state index is 12.5. The van der Waals surface area contributed by atoms with Crippen LogP contribution in [0.15, 0.2) is 54.6 Å². The molecule has 1 saturated heterocycles. The number of nitrogens with zero attached hydrogens (tertiary/aromatic N) is 1. The van der Waals surface area contributed by atoms with Gasteiger partial charge >= 0.3 is 0 Å². The predicted octanol–water partition coefficient (Wildman–Crippen LogP) is 2.08. The van der Waals surface area contributed by atoms with Crippen molar-refractivity contribution in [3.63, 3.8) is 0 Å². The smallest absolute Gasteiger partial charge is 0.251 e. The molecular weight excluding hydrogens is 342 g/mol. The van der Waals surface area contributed by atoms with Crippen LogP contribution in [0.3, 0.4) is 0 Å². The number of amides is 3. The molecule has 2 N–H and O–H groups in total. The van der Waals surface area contributed by atoms with Gasteiger partial charge in [0.25, 0.3) is 5.91 Å². The summed E-state index contributed by atoms with van der Waals surface area (Å²) < 4.78 is 0. The Morgan fingerprint density at radius 1 is 1.11 bits per heavy atom. The SMILES string of the molecule is CNC(=O)c1cccc(NC(=O)C2CC(=O)N(CCc3ccccc3)C2)c1. The summed E-state index contributed by atoms with van der Waals surface area (Å²) in [5, 5.41) is 5.37. The number of carbonyl (C=O) groups is 3. The standard InChI is InChI=1S/C21H23N3O3/c1-22-20(26)16-8-5-9-18(12-16)23-21(27)17-13-19(25)24(14-17)11-10-15-6-3-2-4-7-15/h2-9,12,17H,10-11,13-14H2,1H3,(H,22,26)(H,23,27). The Labute approximate surface area is 158 Å². The Bertz CT molecular complexity index is 836. The Kier molecular flexibility index (Phi) is 5.86. The molecule has 0 aliphatic carbocycles. The normalized spacial score (nSPS) is 16.3. The highest BCUT2D eigenvalue weighted by Gasteiger charge is 2.34. The van der Waals surface area contributed by atoms with E-state index in [-0.39, 0.29) is 30.1 Å². The van der Waals surface area contributed by atoms with Gasteiger partial charge in [-0.25, -0.2) is 0 Å². The van der Waals surface area contributed by atoms with Crippen molar-refractivity contribution in [2.24, 2.45) is 5.92 Å². The topological polar surface area (TPSA) is 78.5 Å². The van der Waals surface area contributed by atoms with Crippen molar-refractivity contribution >= 4 is 23.4 Å². The van der Waals surface area contributed by atoms with E-state index >= 15 is 0 Å². The van der Waals surface area contributed by atoms with Crippen LogP contribution in [0.4, 0.5) is 5.69 Å². The number of nitrogens with one attached hydrogen (secondary N) is 2. The van der Waals surface area contributed by atoms with Crippen molar-refractivity contribution in [2.75, 3.05) is 25.5 Å². The minimum absolute atomic E-state index is 0.00481. The van der Waals surface area contributed by atoms with Crippen LogP contribution in [0.25, 0.3) is 0 Å². The molecule has 1 fully saturated rings. The number of benzene rings is 2. The van der Waals surface area contributed by atoms with Crippen LogP contribution < -0.4 is 10.6 Å². The van der Waals surface area contributed by atoms with Gasteiger partial charge in [-0.2, -0.15) is 0 Å². The fourth-order valence-corrected chi connectivity index (χ4v) is 3.20. The molecule has 0 spiro atoms. The van der Waals surface area contributed by atoms with E-state index < -0.39 is 0 Å². The zero-order valence-electron chi connectivity index (χ0n) is 15.3. The van der Waals surface area contributed by atoms with Crippen molar-refractivity contribution in [3.05, 3.63) is 65.7 Å². The summed E-state index contributed by atoms with van der Waals surface area (Å²) in [7, 11) is 1.56. The zero-order valence-corrected chi connectivity index (χ0v) is 15.3. The molecule has 2 aromatic carbocycles. The molecule has 140 valence electrons. The minimum atomic E-state index is -0.378. The van der Waals surface area contributed by atoms with Crippen LogP contribution in [0.1, 0.15) is 22.3 Å². The molecule has 27 heavy (non-hydrogen) atoms. The summed E-state index contributed by atoms with van der Waals surface area (Å²) in [6.45, 7) is 1.03. The van der Waals surface area contributed by atoms with Gasteiger partial charge in [0.2, 0.25) is 11.8 Å². The average molecular weight is 365 g/mol. The van der Waals surface area contributed by atoms with Crippen molar-refractivity contribution in [1.82, 2.24) is 10.2 Å². The number of carbonyl (C=O) groups excluding carboxylic acids is 3. The van der Waals surface area contributed by atoms with Crippen molar-refractivity contribution in [3.8, 4) is 0 Å². The van der Waals surface area contributed by atoms with Gasteiger partial charge in [-0.1, -0.05) is 36.4 Å². The summed E-state index contributed by atoms with van der Waals surface area (Å²) in [5.74, 6) is -0.782. The maximum Gasteiger partial charge on any atom is 0.251 e.